The predicted molar refractivity (Wildman–Crippen MR) is 297 cm³/mol. The highest BCUT2D eigenvalue weighted by Gasteiger charge is 2.20. The number of unbranched alkanes of at least 4 members (excludes halogenated alkanes) is 45. The molecule has 3 N–H and O–H groups in total. The summed E-state index contributed by atoms with van der Waals surface area (Å²) >= 11 is 0. The first-order valence-corrected chi connectivity index (χ1v) is 30.9. The van der Waals surface area contributed by atoms with E-state index in [-0.39, 0.29) is 18.5 Å². The molecule has 0 aromatic rings. The normalized spacial score (nSPS) is 12.6. The molecule has 0 aliphatic rings. The molecule has 0 heterocycles. The summed E-state index contributed by atoms with van der Waals surface area (Å²) in [5.74, 6) is -0.0315. The number of allylic oxidation sites excluding steroid dienone is 2. The SMILES string of the molecule is CCCCCC/C=C\CCCCCCCC(=O)OCCCCCCCCCCCCCCCCCCCCCCC(=O)NC(CO)C(O)CCCCCCCCCCCCCCCCCCCC. The second-order valence-electron chi connectivity index (χ2n) is 21.4. The minimum Gasteiger partial charge on any atom is -0.466 e. The molecule has 6 heteroatoms. The summed E-state index contributed by atoms with van der Waals surface area (Å²) in [7, 11) is 0. The van der Waals surface area contributed by atoms with Crippen molar-refractivity contribution in [3.63, 3.8) is 0 Å². The van der Waals surface area contributed by atoms with Gasteiger partial charge in [0.15, 0.2) is 0 Å². The molecule has 2 unspecified atom stereocenters. The molecule has 0 aromatic heterocycles. The van der Waals surface area contributed by atoms with Crippen molar-refractivity contribution in [3.8, 4) is 0 Å². The van der Waals surface area contributed by atoms with Gasteiger partial charge in [-0.15, -0.1) is 0 Å². The zero-order chi connectivity index (χ0) is 49.3. The summed E-state index contributed by atoms with van der Waals surface area (Å²) in [5, 5.41) is 23.3. The Morgan fingerprint density at radius 3 is 1.06 bits per heavy atom. The molecular weight excluding hydrogens is 839 g/mol. The van der Waals surface area contributed by atoms with Crippen LogP contribution in [0.2, 0.25) is 0 Å². The maximum Gasteiger partial charge on any atom is 0.305 e. The van der Waals surface area contributed by atoms with Crippen LogP contribution in [-0.4, -0.2) is 47.4 Å². The number of aliphatic hydroxyl groups excluding tert-OH is 2. The maximum absolute atomic E-state index is 12.5. The van der Waals surface area contributed by atoms with Gasteiger partial charge in [-0.1, -0.05) is 296 Å². The smallest absolute Gasteiger partial charge is 0.305 e. The molecule has 0 aliphatic carbocycles. The Bertz CT molecular complexity index is 1020. The summed E-state index contributed by atoms with van der Waals surface area (Å²) in [6.07, 6.45) is 69.3. The Kier molecular flexibility index (Phi) is 57.0. The summed E-state index contributed by atoms with van der Waals surface area (Å²) in [6.45, 7) is 4.96. The first kappa shape index (κ1) is 66.6. The highest BCUT2D eigenvalue weighted by molar-refractivity contribution is 5.76. The van der Waals surface area contributed by atoms with Gasteiger partial charge in [-0.3, -0.25) is 9.59 Å². The van der Waals surface area contributed by atoms with Crippen molar-refractivity contribution in [2.45, 2.75) is 360 Å². The molecule has 6 nitrogen and oxygen atoms in total. The quantitative estimate of drug-likeness (QED) is 0.0321. The van der Waals surface area contributed by atoms with Crippen molar-refractivity contribution in [2.75, 3.05) is 13.2 Å². The lowest BCUT2D eigenvalue weighted by Gasteiger charge is -2.22. The average Bonchev–Trinajstić information content (AvgIpc) is 3.34. The highest BCUT2D eigenvalue weighted by atomic mass is 16.5. The number of aliphatic hydroxyl groups is 2. The number of rotatable bonds is 58. The van der Waals surface area contributed by atoms with E-state index in [4.69, 9.17) is 4.74 Å². The Morgan fingerprint density at radius 1 is 0.397 bits per heavy atom. The van der Waals surface area contributed by atoms with E-state index >= 15 is 0 Å². The van der Waals surface area contributed by atoms with E-state index in [9.17, 15) is 19.8 Å². The fraction of sp³-hybridized carbons (Fsp3) is 0.935. The van der Waals surface area contributed by atoms with Crippen molar-refractivity contribution in [3.05, 3.63) is 12.2 Å². The Hall–Kier alpha value is -1.40. The molecule has 0 aromatic carbocycles. The van der Waals surface area contributed by atoms with Crippen LogP contribution in [-0.2, 0) is 14.3 Å². The number of carbonyl (C=O) groups excluding carboxylic acids is 2. The van der Waals surface area contributed by atoms with Gasteiger partial charge in [0, 0.05) is 12.8 Å². The lowest BCUT2D eigenvalue weighted by atomic mass is 10.0. The van der Waals surface area contributed by atoms with E-state index in [1.165, 1.54) is 270 Å². The second kappa shape index (κ2) is 58.2. The molecule has 0 saturated carbocycles. The van der Waals surface area contributed by atoms with E-state index in [1.807, 2.05) is 0 Å². The van der Waals surface area contributed by atoms with Gasteiger partial charge < -0.3 is 20.3 Å². The first-order chi connectivity index (χ1) is 33.5. The topological polar surface area (TPSA) is 95.9 Å². The molecule has 0 saturated heterocycles. The fourth-order valence-electron chi connectivity index (χ4n) is 9.81. The van der Waals surface area contributed by atoms with Crippen LogP contribution in [0.4, 0.5) is 0 Å². The van der Waals surface area contributed by atoms with Gasteiger partial charge in [0.1, 0.15) is 0 Å². The van der Waals surface area contributed by atoms with Crippen molar-refractivity contribution in [1.82, 2.24) is 5.32 Å². The van der Waals surface area contributed by atoms with Crippen LogP contribution in [0.5, 0.6) is 0 Å². The summed E-state index contributed by atoms with van der Waals surface area (Å²) in [4.78, 5) is 24.5. The van der Waals surface area contributed by atoms with Crippen molar-refractivity contribution in [1.29, 1.82) is 0 Å². The number of hydrogen-bond donors (Lipinski definition) is 3. The third-order valence-corrected chi connectivity index (χ3v) is 14.6. The molecule has 0 fully saturated rings. The summed E-state index contributed by atoms with van der Waals surface area (Å²) < 4.78 is 5.47. The van der Waals surface area contributed by atoms with Gasteiger partial charge in [-0.2, -0.15) is 0 Å². The van der Waals surface area contributed by atoms with Crippen LogP contribution in [0, 0.1) is 0 Å². The molecule has 2 atom stereocenters. The number of amides is 1. The predicted octanol–water partition coefficient (Wildman–Crippen LogP) is 19.2. The van der Waals surface area contributed by atoms with Gasteiger partial charge >= 0.3 is 5.97 Å². The Morgan fingerprint density at radius 2 is 0.691 bits per heavy atom. The number of nitrogens with one attached hydrogen (secondary N) is 1. The highest BCUT2D eigenvalue weighted by Crippen LogP contribution is 2.18. The number of carbonyl (C=O) groups is 2. The molecule has 0 bridgehead atoms. The molecule has 1 amide bonds. The first-order valence-electron chi connectivity index (χ1n) is 30.9. The van der Waals surface area contributed by atoms with Crippen LogP contribution < -0.4 is 5.32 Å². The molecule has 404 valence electrons. The average molecular weight is 961 g/mol. The summed E-state index contributed by atoms with van der Waals surface area (Å²) in [5.41, 5.74) is 0. The molecule has 68 heavy (non-hydrogen) atoms. The Balaban J connectivity index is 3.39. The number of esters is 1. The van der Waals surface area contributed by atoms with E-state index < -0.39 is 12.1 Å². The van der Waals surface area contributed by atoms with Crippen LogP contribution in [0.15, 0.2) is 12.2 Å². The fourth-order valence-corrected chi connectivity index (χ4v) is 9.81. The van der Waals surface area contributed by atoms with E-state index in [0.717, 1.165) is 44.9 Å². The van der Waals surface area contributed by atoms with Crippen LogP contribution in [0.3, 0.4) is 0 Å². The zero-order valence-corrected chi connectivity index (χ0v) is 46.1. The van der Waals surface area contributed by atoms with Crippen LogP contribution in [0.25, 0.3) is 0 Å². The molecule has 0 radical (unpaired) electrons. The summed E-state index contributed by atoms with van der Waals surface area (Å²) in [6, 6.07) is -0.543. The van der Waals surface area contributed by atoms with Gasteiger partial charge in [0.2, 0.25) is 5.91 Å². The van der Waals surface area contributed by atoms with E-state index in [2.05, 4.69) is 31.3 Å². The second-order valence-corrected chi connectivity index (χ2v) is 21.4. The number of hydrogen-bond acceptors (Lipinski definition) is 5. The third kappa shape index (κ3) is 53.9. The van der Waals surface area contributed by atoms with Gasteiger partial charge in [0.25, 0.3) is 0 Å². The Labute approximate surface area is 425 Å². The minimum absolute atomic E-state index is 0.00215. The standard InChI is InChI=1S/C62H121NO5/c1-3-5-7-9-11-13-15-17-18-19-24-27-31-34-38-42-46-50-54-60(65)59(58-64)63-61(66)55-51-47-43-39-35-32-28-25-22-20-21-23-26-29-33-37-41-45-49-53-57-68-62(67)56-52-48-44-40-36-30-16-14-12-10-8-6-4-2/h14,16,59-60,64-65H,3-13,15,17-58H2,1-2H3,(H,63,66)/b16-14-. The van der Waals surface area contributed by atoms with Gasteiger partial charge in [0.05, 0.1) is 25.4 Å². The third-order valence-electron chi connectivity index (χ3n) is 14.6. The minimum atomic E-state index is -0.665. The van der Waals surface area contributed by atoms with E-state index in [1.54, 1.807) is 0 Å². The monoisotopic (exact) mass is 960 g/mol. The van der Waals surface area contributed by atoms with Gasteiger partial charge in [-0.05, 0) is 51.4 Å². The van der Waals surface area contributed by atoms with Crippen molar-refractivity contribution >= 4 is 11.9 Å². The maximum atomic E-state index is 12.5. The molecule has 0 aliphatic heterocycles. The van der Waals surface area contributed by atoms with Gasteiger partial charge in [-0.25, -0.2) is 0 Å². The molecular formula is C62H121NO5. The molecule has 0 spiro atoms. The lowest BCUT2D eigenvalue weighted by Crippen LogP contribution is -2.45. The largest absolute Gasteiger partial charge is 0.466 e. The van der Waals surface area contributed by atoms with Crippen LogP contribution in [0.1, 0.15) is 348 Å². The van der Waals surface area contributed by atoms with Crippen LogP contribution >= 0.6 is 0 Å². The number of ether oxygens (including phenoxy) is 1. The van der Waals surface area contributed by atoms with E-state index in [0.29, 0.717) is 25.9 Å². The molecule has 0 rings (SSSR count). The van der Waals surface area contributed by atoms with Crippen molar-refractivity contribution < 1.29 is 24.5 Å². The zero-order valence-electron chi connectivity index (χ0n) is 46.1. The van der Waals surface area contributed by atoms with Crippen molar-refractivity contribution in [2.24, 2.45) is 0 Å². The lowest BCUT2D eigenvalue weighted by molar-refractivity contribution is -0.143.